The van der Waals surface area contributed by atoms with Crippen LogP contribution in [-0.2, 0) is 7.05 Å². The number of benzene rings is 2. The van der Waals surface area contributed by atoms with Gasteiger partial charge in [-0.15, -0.1) is 11.3 Å². The van der Waals surface area contributed by atoms with Crippen molar-refractivity contribution in [1.82, 2.24) is 24.4 Å². The summed E-state index contributed by atoms with van der Waals surface area (Å²) < 4.78 is 1.55. The van der Waals surface area contributed by atoms with Gasteiger partial charge in [-0.2, -0.15) is 4.98 Å². The summed E-state index contributed by atoms with van der Waals surface area (Å²) in [6.45, 7) is 4.25. The number of nitrogens with zero attached hydrogens (tertiary/aromatic N) is 5. The summed E-state index contributed by atoms with van der Waals surface area (Å²) in [5.74, 6) is 1.05. The zero-order valence-corrected chi connectivity index (χ0v) is 23.7. The van der Waals surface area contributed by atoms with E-state index in [-0.39, 0.29) is 5.56 Å². The minimum atomic E-state index is -0.169. The second-order valence-electron chi connectivity index (χ2n) is 10.2. The van der Waals surface area contributed by atoms with Crippen LogP contribution in [-0.4, -0.2) is 44.6 Å². The number of pyridine rings is 1. The third kappa shape index (κ3) is 5.20. The van der Waals surface area contributed by atoms with Gasteiger partial charge < -0.3 is 10.2 Å². The lowest BCUT2D eigenvalue weighted by Gasteiger charge is -2.29. The fraction of sp³-hybridized carbons (Fsp3) is 0.267. The van der Waals surface area contributed by atoms with Gasteiger partial charge in [-0.25, -0.2) is 9.97 Å². The number of aryl methyl sites for hydroxylation is 2. The fourth-order valence-electron chi connectivity index (χ4n) is 5.19. The first-order valence-corrected chi connectivity index (χ1v) is 14.2. The Bertz CT molecular complexity index is 1720. The molecule has 5 aromatic rings. The molecule has 3 aromatic heterocycles. The number of hydrogen-bond acceptors (Lipinski definition) is 7. The summed E-state index contributed by atoms with van der Waals surface area (Å²) in [6.07, 6.45) is 5.96. The Labute approximate surface area is 236 Å². The minimum absolute atomic E-state index is 0.169. The number of fused-ring (bicyclic) bond motifs is 1. The van der Waals surface area contributed by atoms with E-state index in [0.29, 0.717) is 33.7 Å². The first-order chi connectivity index (χ1) is 18.9. The second-order valence-corrected chi connectivity index (χ2v) is 11.8. The number of hydrogen-bond donors (Lipinski definition) is 1. The van der Waals surface area contributed by atoms with Crippen LogP contribution in [0.5, 0.6) is 0 Å². The van der Waals surface area contributed by atoms with Gasteiger partial charge in [0, 0.05) is 46.7 Å². The van der Waals surface area contributed by atoms with Crippen LogP contribution >= 0.6 is 22.9 Å². The number of thiazole rings is 1. The Hall–Kier alpha value is -3.59. The lowest BCUT2D eigenvalue weighted by molar-refractivity contribution is 0.255. The van der Waals surface area contributed by atoms with E-state index in [9.17, 15) is 4.79 Å². The lowest BCUT2D eigenvalue weighted by atomic mass is 9.89. The molecule has 9 heteroatoms. The van der Waals surface area contributed by atoms with Crippen LogP contribution in [0, 0.1) is 6.92 Å². The fourth-order valence-corrected chi connectivity index (χ4v) is 6.25. The highest BCUT2D eigenvalue weighted by molar-refractivity contribution is 7.15. The topological polar surface area (TPSA) is 75.9 Å². The number of halogens is 1. The van der Waals surface area contributed by atoms with Gasteiger partial charge in [-0.05, 0) is 81.2 Å². The molecule has 7 nitrogen and oxygen atoms in total. The Balaban J connectivity index is 1.26. The first-order valence-electron chi connectivity index (χ1n) is 13.0. The Morgan fingerprint density at radius 2 is 1.74 bits per heavy atom. The van der Waals surface area contributed by atoms with Crippen LogP contribution in [0.15, 0.2) is 65.7 Å². The molecule has 1 saturated heterocycles. The molecule has 1 N–H and O–H groups in total. The molecule has 0 amide bonds. The van der Waals surface area contributed by atoms with Gasteiger partial charge >= 0.3 is 0 Å². The van der Waals surface area contributed by atoms with Crippen molar-refractivity contribution in [2.75, 3.05) is 25.5 Å². The van der Waals surface area contributed by atoms with Gasteiger partial charge in [0.2, 0.25) is 5.95 Å². The molecule has 4 heterocycles. The maximum Gasteiger partial charge on any atom is 0.259 e. The first kappa shape index (κ1) is 25.7. The van der Waals surface area contributed by atoms with E-state index >= 15 is 0 Å². The predicted molar refractivity (Wildman–Crippen MR) is 160 cm³/mol. The zero-order chi connectivity index (χ0) is 27.1. The minimum Gasteiger partial charge on any atom is -0.324 e. The molecule has 1 aliphatic heterocycles. The molecule has 0 bridgehead atoms. The van der Waals surface area contributed by atoms with Crippen molar-refractivity contribution in [3.8, 4) is 21.6 Å². The molecule has 6 rings (SSSR count). The van der Waals surface area contributed by atoms with Crippen LogP contribution in [0.4, 0.5) is 11.6 Å². The number of likely N-dealkylation sites (tertiary alicyclic amines) is 1. The molecule has 0 aliphatic carbocycles. The summed E-state index contributed by atoms with van der Waals surface area (Å²) in [4.78, 5) is 30.3. The van der Waals surface area contributed by atoms with Crippen LogP contribution < -0.4 is 10.9 Å². The smallest absolute Gasteiger partial charge is 0.259 e. The van der Waals surface area contributed by atoms with E-state index in [1.165, 1.54) is 18.4 Å². The maximum absolute atomic E-state index is 13.4. The van der Waals surface area contributed by atoms with Gasteiger partial charge in [0.05, 0.1) is 9.88 Å². The Morgan fingerprint density at radius 1 is 0.974 bits per heavy atom. The van der Waals surface area contributed by atoms with E-state index in [0.717, 1.165) is 39.6 Å². The van der Waals surface area contributed by atoms with Crippen LogP contribution in [0.3, 0.4) is 0 Å². The predicted octanol–water partition coefficient (Wildman–Crippen LogP) is 6.63. The normalized spacial score (nSPS) is 14.7. The average molecular weight is 557 g/mol. The molecule has 1 aliphatic rings. The second kappa shape index (κ2) is 10.5. The molecule has 0 radical (unpaired) electrons. The average Bonchev–Trinajstić information content (AvgIpc) is 3.38. The monoisotopic (exact) mass is 556 g/mol. The lowest BCUT2D eigenvalue weighted by Crippen LogP contribution is -2.29. The van der Waals surface area contributed by atoms with Gasteiger partial charge in [0.15, 0.2) is 0 Å². The third-order valence-electron chi connectivity index (χ3n) is 7.47. The van der Waals surface area contributed by atoms with E-state index in [1.54, 1.807) is 29.1 Å². The van der Waals surface area contributed by atoms with Crippen molar-refractivity contribution >= 4 is 45.6 Å². The quantitative estimate of drug-likeness (QED) is 0.262. The van der Waals surface area contributed by atoms with Crippen molar-refractivity contribution in [3.63, 3.8) is 0 Å². The Morgan fingerprint density at radius 3 is 2.44 bits per heavy atom. The summed E-state index contributed by atoms with van der Waals surface area (Å²) in [7, 11) is 3.91. The van der Waals surface area contributed by atoms with E-state index in [1.807, 2.05) is 37.4 Å². The van der Waals surface area contributed by atoms with Crippen molar-refractivity contribution < 1.29 is 0 Å². The molecule has 1 fully saturated rings. The van der Waals surface area contributed by atoms with Crippen LogP contribution in [0.2, 0.25) is 5.02 Å². The molecule has 0 saturated carbocycles. The van der Waals surface area contributed by atoms with Crippen LogP contribution in [0.25, 0.3) is 32.6 Å². The largest absolute Gasteiger partial charge is 0.324 e. The Kier molecular flexibility index (Phi) is 6.93. The van der Waals surface area contributed by atoms with Crippen molar-refractivity contribution in [3.05, 3.63) is 86.9 Å². The highest BCUT2D eigenvalue weighted by Crippen LogP contribution is 2.34. The summed E-state index contributed by atoms with van der Waals surface area (Å²) in [6, 6.07) is 16.1. The van der Waals surface area contributed by atoms with Crippen molar-refractivity contribution in [2.45, 2.75) is 25.7 Å². The van der Waals surface area contributed by atoms with Gasteiger partial charge in [-0.1, -0.05) is 35.9 Å². The van der Waals surface area contributed by atoms with Crippen LogP contribution in [0.1, 0.15) is 29.3 Å². The van der Waals surface area contributed by atoms with E-state index in [4.69, 9.17) is 11.6 Å². The van der Waals surface area contributed by atoms with Crippen molar-refractivity contribution in [2.24, 2.45) is 7.05 Å². The maximum atomic E-state index is 13.4. The summed E-state index contributed by atoms with van der Waals surface area (Å²) in [5, 5.41) is 5.55. The number of rotatable bonds is 5. The molecule has 0 spiro atoms. The van der Waals surface area contributed by atoms with E-state index < -0.39 is 0 Å². The highest BCUT2D eigenvalue weighted by Gasteiger charge is 2.18. The zero-order valence-electron chi connectivity index (χ0n) is 22.1. The molecule has 39 heavy (non-hydrogen) atoms. The number of aromatic nitrogens is 4. The highest BCUT2D eigenvalue weighted by atomic mass is 35.5. The third-order valence-corrected chi connectivity index (χ3v) is 8.74. The standard InChI is InChI=1S/C30H29ClN6OS/c1-18-32-17-27(39-18)21-6-9-24(26(31)15-21)25-14-22-16-33-30(35-28(22)37(3)29(25)38)34-23-7-4-19(5-8-23)20-10-12-36(2)13-11-20/h4-9,14-17,20H,10-13H2,1-3H3,(H,33,34,35). The molecular weight excluding hydrogens is 528 g/mol. The summed E-state index contributed by atoms with van der Waals surface area (Å²) >= 11 is 8.28. The SMILES string of the molecule is Cc1ncc(-c2ccc(-c3cc4cnc(Nc5ccc(C6CCN(C)CC6)cc5)nc4n(C)c3=O)c(Cl)c2)s1. The van der Waals surface area contributed by atoms with Gasteiger partial charge in [0.1, 0.15) is 5.65 Å². The molecule has 198 valence electrons. The molecule has 2 aromatic carbocycles. The number of piperidine rings is 1. The number of nitrogens with one attached hydrogen (secondary N) is 1. The molecule has 0 unspecified atom stereocenters. The number of anilines is 2. The summed E-state index contributed by atoms with van der Waals surface area (Å²) in [5.41, 5.74) is 4.83. The van der Waals surface area contributed by atoms with Gasteiger partial charge in [0.25, 0.3) is 5.56 Å². The molecular formula is C30H29ClN6OS. The van der Waals surface area contributed by atoms with E-state index in [2.05, 4.69) is 56.5 Å². The molecule has 0 atom stereocenters. The van der Waals surface area contributed by atoms with Gasteiger partial charge in [-0.3, -0.25) is 9.36 Å². The van der Waals surface area contributed by atoms with Crippen molar-refractivity contribution in [1.29, 1.82) is 0 Å².